The Morgan fingerprint density at radius 1 is 0.927 bits per heavy atom. The summed E-state index contributed by atoms with van der Waals surface area (Å²) in [5.74, 6) is -0.309. The van der Waals surface area contributed by atoms with Gasteiger partial charge in [-0.1, -0.05) is 43.9 Å². The number of benzene rings is 2. The first-order valence-electron chi connectivity index (χ1n) is 15.3. The van der Waals surface area contributed by atoms with E-state index in [-0.39, 0.29) is 17.6 Å². The molecule has 3 aromatic rings. The van der Waals surface area contributed by atoms with E-state index >= 15 is 0 Å². The number of carbonyl (C=O) groups is 2. The van der Waals surface area contributed by atoms with Gasteiger partial charge in [0.15, 0.2) is 0 Å². The average Bonchev–Trinajstić information content (AvgIpc) is 3.45. The molecule has 1 fully saturated rings. The number of carbonyl (C=O) groups excluding carboxylic acids is 2. The third-order valence-electron chi connectivity index (χ3n) is 8.49. The van der Waals surface area contributed by atoms with Crippen LogP contribution >= 0.6 is 11.3 Å². The fourth-order valence-electron chi connectivity index (χ4n) is 6.11. The number of halogens is 1. The number of hydrogen-bond donors (Lipinski definition) is 0. The van der Waals surface area contributed by atoms with Crippen LogP contribution < -0.4 is 9.80 Å². The van der Waals surface area contributed by atoms with Gasteiger partial charge in [-0.05, 0) is 72.9 Å². The minimum Gasteiger partial charge on any atom is -0.368 e. The molecule has 3 heterocycles. The monoisotopic (exact) mass is 575 g/mol. The van der Waals surface area contributed by atoms with Crippen LogP contribution in [0.1, 0.15) is 68.9 Å². The van der Waals surface area contributed by atoms with Crippen LogP contribution in [0, 0.1) is 5.82 Å². The van der Waals surface area contributed by atoms with E-state index in [4.69, 9.17) is 0 Å². The summed E-state index contributed by atoms with van der Waals surface area (Å²) in [6.45, 7) is 8.26. The highest BCUT2D eigenvalue weighted by molar-refractivity contribution is 7.17. The molecule has 7 heteroatoms. The van der Waals surface area contributed by atoms with E-state index in [0.717, 1.165) is 97.4 Å². The summed E-state index contributed by atoms with van der Waals surface area (Å²) < 4.78 is 15.2. The Labute approximate surface area is 247 Å². The maximum absolute atomic E-state index is 14.2. The van der Waals surface area contributed by atoms with Crippen molar-refractivity contribution in [2.75, 3.05) is 42.5 Å². The van der Waals surface area contributed by atoms with E-state index < -0.39 is 0 Å². The molecule has 5 nitrogen and oxygen atoms in total. The van der Waals surface area contributed by atoms with Crippen molar-refractivity contribution in [1.29, 1.82) is 0 Å². The van der Waals surface area contributed by atoms with E-state index in [1.807, 2.05) is 11.5 Å². The summed E-state index contributed by atoms with van der Waals surface area (Å²) in [5, 5.41) is 3.16. The van der Waals surface area contributed by atoms with Crippen molar-refractivity contribution < 1.29 is 14.0 Å². The van der Waals surface area contributed by atoms with E-state index in [2.05, 4.69) is 40.6 Å². The van der Waals surface area contributed by atoms with Gasteiger partial charge in [0.05, 0.1) is 5.69 Å². The molecule has 0 saturated carbocycles. The largest absolute Gasteiger partial charge is 0.368 e. The molecule has 41 heavy (non-hydrogen) atoms. The number of amides is 2. The predicted molar refractivity (Wildman–Crippen MR) is 169 cm³/mol. The van der Waals surface area contributed by atoms with Crippen LogP contribution in [-0.2, 0) is 22.4 Å². The summed E-state index contributed by atoms with van der Waals surface area (Å²) in [6, 6.07) is 11.7. The quantitative estimate of drug-likeness (QED) is 0.156. The maximum Gasteiger partial charge on any atom is 0.234 e. The molecule has 2 aromatic carbocycles. The minimum absolute atomic E-state index is 0.0621. The van der Waals surface area contributed by atoms with E-state index in [0.29, 0.717) is 19.3 Å². The number of imide groups is 1. The Hall–Kier alpha value is -3.03. The van der Waals surface area contributed by atoms with Gasteiger partial charge < -0.3 is 4.90 Å². The number of anilines is 2. The standard InChI is InChI=1S/C34H42FN3O2S/c1-2-3-4-5-6-7-8-9-10-33(39)38-30-23-26(11-12-27(30)13-14-34(38)40)15-17-36-18-20-37(21-19-36)31-24-28(35)25-32-29(31)16-22-41-32/h2,11-12,16,22-25H,1,3-10,13-15,17-21H2. The minimum atomic E-state index is -0.175. The van der Waals surface area contributed by atoms with Crippen LogP contribution in [0.5, 0.6) is 0 Å². The second-order valence-corrected chi connectivity index (χ2v) is 12.3. The molecule has 5 rings (SSSR count). The molecule has 2 aliphatic rings. The highest BCUT2D eigenvalue weighted by Gasteiger charge is 2.29. The number of thiophene rings is 1. The molecule has 0 spiro atoms. The van der Waals surface area contributed by atoms with Crippen molar-refractivity contribution in [3.05, 3.63) is 71.4 Å². The maximum atomic E-state index is 14.2. The average molecular weight is 576 g/mol. The highest BCUT2D eigenvalue weighted by atomic mass is 32.1. The SMILES string of the molecule is C=CCCCCCCCCC(=O)N1C(=O)CCc2ccc(CCN3CCN(c4cc(F)cc5sccc45)CC3)cc21. The zero-order valence-corrected chi connectivity index (χ0v) is 24.9. The molecular formula is C34H42FN3O2S. The van der Waals surface area contributed by atoms with Crippen LogP contribution in [0.4, 0.5) is 15.8 Å². The summed E-state index contributed by atoms with van der Waals surface area (Å²) >= 11 is 1.58. The Balaban J connectivity index is 1.12. The molecule has 0 aliphatic carbocycles. The van der Waals surface area contributed by atoms with Gasteiger partial charge in [-0.15, -0.1) is 17.9 Å². The number of fused-ring (bicyclic) bond motifs is 2. The zero-order valence-electron chi connectivity index (χ0n) is 24.1. The van der Waals surface area contributed by atoms with E-state index in [9.17, 15) is 14.0 Å². The Kier molecular flexibility index (Phi) is 10.2. The lowest BCUT2D eigenvalue weighted by molar-refractivity contribution is -0.126. The third-order valence-corrected chi connectivity index (χ3v) is 9.35. The fraction of sp³-hybridized carbons (Fsp3) is 0.471. The molecule has 0 atom stereocenters. The number of unbranched alkanes of at least 4 members (excludes halogenated alkanes) is 6. The highest BCUT2D eigenvalue weighted by Crippen LogP contribution is 2.33. The molecular weight excluding hydrogens is 533 g/mol. The van der Waals surface area contributed by atoms with Gasteiger partial charge in [0.25, 0.3) is 0 Å². The first kappa shape index (κ1) is 29.5. The first-order valence-corrected chi connectivity index (χ1v) is 16.1. The first-order chi connectivity index (χ1) is 20.0. The Bertz CT molecular complexity index is 1360. The Morgan fingerprint density at radius 3 is 2.51 bits per heavy atom. The second-order valence-electron chi connectivity index (χ2n) is 11.4. The second kappa shape index (κ2) is 14.2. The predicted octanol–water partition coefficient (Wildman–Crippen LogP) is 7.52. The lowest BCUT2D eigenvalue weighted by Crippen LogP contribution is -2.47. The third kappa shape index (κ3) is 7.44. The van der Waals surface area contributed by atoms with Gasteiger partial charge in [0, 0.05) is 61.3 Å². The van der Waals surface area contributed by atoms with Gasteiger partial charge in [0.1, 0.15) is 5.82 Å². The number of allylic oxidation sites excluding steroid dienone is 1. The number of rotatable bonds is 13. The molecule has 0 radical (unpaired) electrons. The van der Waals surface area contributed by atoms with Crippen LogP contribution in [-0.4, -0.2) is 49.4 Å². The fourth-order valence-corrected chi connectivity index (χ4v) is 6.94. The molecule has 2 aliphatic heterocycles. The van der Waals surface area contributed by atoms with Gasteiger partial charge in [-0.3, -0.25) is 19.4 Å². The number of nitrogens with zero attached hydrogens (tertiary/aromatic N) is 3. The molecule has 2 amide bonds. The van der Waals surface area contributed by atoms with Crippen molar-refractivity contribution in [2.24, 2.45) is 0 Å². The zero-order chi connectivity index (χ0) is 28.6. The van der Waals surface area contributed by atoms with E-state index in [1.165, 1.54) is 24.2 Å². The van der Waals surface area contributed by atoms with Crippen molar-refractivity contribution >= 4 is 44.6 Å². The summed E-state index contributed by atoms with van der Waals surface area (Å²) in [4.78, 5) is 32.2. The lowest BCUT2D eigenvalue weighted by atomic mass is 9.97. The number of aryl methyl sites for hydroxylation is 1. The van der Waals surface area contributed by atoms with Crippen molar-refractivity contribution in [3.63, 3.8) is 0 Å². The molecule has 1 aromatic heterocycles. The van der Waals surface area contributed by atoms with Gasteiger partial charge in [0.2, 0.25) is 11.8 Å². The summed E-state index contributed by atoms with van der Waals surface area (Å²) in [6.07, 6.45) is 12.0. The number of hydrogen-bond acceptors (Lipinski definition) is 5. The summed E-state index contributed by atoms with van der Waals surface area (Å²) in [5.41, 5.74) is 4.04. The molecule has 1 saturated heterocycles. The van der Waals surface area contributed by atoms with Crippen LogP contribution in [0.3, 0.4) is 0 Å². The molecule has 0 unspecified atom stereocenters. The molecule has 0 N–H and O–H groups in total. The Morgan fingerprint density at radius 2 is 1.71 bits per heavy atom. The normalized spacial score (nSPS) is 15.9. The lowest BCUT2D eigenvalue weighted by Gasteiger charge is -2.36. The van der Waals surface area contributed by atoms with Gasteiger partial charge in [-0.2, -0.15) is 0 Å². The molecule has 218 valence electrons. The summed E-state index contributed by atoms with van der Waals surface area (Å²) in [7, 11) is 0. The van der Waals surface area contributed by atoms with Crippen molar-refractivity contribution in [3.8, 4) is 0 Å². The smallest absolute Gasteiger partial charge is 0.234 e. The van der Waals surface area contributed by atoms with E-state index in [1.54, 1.807) is 23.5 Å². The number of piperazine rings is 1. The van der Waals surface area contributed by atoms with Crippen LogP contribution in [0.2, 0.25) is 0 Å². The topological polar surface area (TPSA) is 43.9 Å². The van der Waals surface area contributed by atoms with Crippen molar-refractivity contribution in [2.45, 2.75) is 70.6 Å². The van der Waals surface area contributed by atoms with Crippen LogP contribution in [0.25, 0.3) is 10.1 Å². The molecule has 0 bridgehead atoms. The van der Waals surface area contributed by atoms with Gasteiger partial charge in [-0.25, -0.2) is 4.39 Å². The van der Waals surface area contributed by atoms with Gasteiger partial charge >= 0.3 is 0 Å². The van der Waals surface area contributed by atoms with Crippen molar-refractivity contribution in [1.82, 2.24) is 4.90 Å². The van der Waals surface area contributed by atoms with Crippen LogP contribution in [0.15, 0.2) is 54.4 Å².